The Bertz CT molecular complexity index is 1020. The van der Waals surface area contributed by atoms with E-state index in [-0.39, 0.29) is 27.9 Å². The maximum atomic E-state index is 12.5. The highest BCUT2D eigenvalue weighted by atomic mass is 35.5. The molecule has 0 saturated carbocycles. The van der Waals surface area contributed by atoms with Crippen molar-refractivity contribution >= 4 is 52.4 Å². The zero-order chi connectivity index (χ0) is 22.5. The fourth-order valence-electron chi connectivity index (χ4n) is 2.98. The van der Waals surface area contributed by atoms with Gasteiger partial charge in [-0.15, -0.1) is 0 Å². The second kappa shape index (κ2) is 9.93. The van der Waals surface area contributed by atoms with Crippen LogP contribution >= 0.6 is 23.2 Å². The first-order valence-corrected chi connectivity index (χ1v) is 9.81. The van der Waals surface area contributed by atoms with Crippen LogP contribution in [-0.4, -0.2) is 37.5 Å². The minimum Gasteiger partial charge on any atom is -0.452 e. The van der Waals surface area contributed by atoms with Gasteiger partial charge in [-0.1, -0.05) is 23.2 Å². The van der Waals surface area contributed by atoms with E-state index in [9.17, 15) is 23.2 Å². The first-order valence-electron chi connectivity index (χ1n) is 9.06. The number of hydrogen-bond acceptors (Lipinski definition) is 5. The summed E-state index contributed by atoms with van der Waals surface area (Å²) in [5.41, 5.74) is 0.619. The summed E-state index contributed by atoms with van der Waals surface area (Å²) < 4.78 is 33.8. The fourth-order valence-corrected chi connectivity index (χ4v) is 3.37. The predicted octanol–water partition coefficient (Wildman–Crippen LogP) is 4.52. The number of ether oxygens (including phenoxy) is 2. The number of nitrogens with one attached hydrogen (secondary N) is 1. The molecule has 3 rings (SSSR count). The molecule has 2 aromatic rings. The van der Waals surface area contributed by atoms with Crippen molar-refractivity contribution in [3.05, 3.63) is 52.0 Å². The number of esters is 1. The van der Waals surface area contributed by atoms with E-state index in [4.69, 9.17) is 27.9 Å². The van der Waals surface area contributed by atoms with Gasteiger partial charge in [0.15, 0.2) is 6.61 Å². The zero-order valence-electron chi connectivity index (χ0n) is 15.9. The van der Waals surface area contributed by atoms with Crippen LogP contribution in [0.25, 0.3) is 0 Å². The molecule has 2 amide bonds. The Morgan fingerprint density at radius 3 is 2.58 bits per heavy atom. The Labute approximate surface area is 185 Å². The molecule has 7 nitrogen and oxygen atoms in total. The van der Waals surface area contributed by atoms with Crippen molar-refractivity contribution in [1.29, 1.82) is 0 Å². The number of halogens is 4. The molecule has 1 heterocycles. The summed E-state index contributed by atoms with van der Waals surface area (Å²) in [5.74, 6) is -1.86. The normalized spacial score (nSPS) is 13.5. The van der Waals surface area contributed by atoms with Gasteiger partial charge < -0.3 is 19.7 Å². The van der Waals surface area contributed by atoms with E-state index in [1.165, 1.54) is 41.3 Å². The summed E-state index contributed by atoms with van der Waals surface area (Å²) >= 11 is 11.8. The minimum atomic E-state index is -3.04. The largest absolute Gasteiger partial charge is 0.452 e. The predicted molar refractivity (Wildman–Crippen MR) is 110 cm³/mol. The third kappa shape index (κ3) is 5.83. The van der Waals surface area contributed by atoms with Crippen molar-refractivity contribution in [1.82, 2.24) is 0 Å². The molecule has 0 radical (unpaired) electrons. The molecule has 2 aromatic carbocycles. The third-order valence-corrected chi connectivity index (χ3v) is 4.84. The molecule has 164 valence electrons. The Hall–Kier alpha value is -2.91. The molecule has 1 saturated heterocycles. The van der Waals surface area contributed by atoms with E-state index >= 15 is 0 Å². The second-order valence-electron chi connectivity index (χ2n) is 6.46. The molecule has 1 N–H and O–H groups in total. The maximum Gasteiger partial charge on any atom is 0.387 e. The van der Waals surface area contributed by atoms with E-state index < -0.39 is 25.1 Å². The Morgan fingerprint density at radius 1 is 1.16 bits per heavy atom. The fraction of sp³-hybridized carbons (Fsp3) is 0.250. The van der Waals surface area contributed by atoms with Crippen LogP contribution in [0.15, 0.2) is 36.4 Å². The molecular weight excluding hydrogens is 457 g/mol. The van der Waals surface area contributed by atoms with Crippen LogP contribution in [0.5, 0.6) is 5.75 Å². The van der Waals surface area contributed by atoms with E-state index in [1.807, 2.05) is 0 Å². The SMILES string of the molecule is O=C(COC(=O)c1ccc(Cl)cc1N1CCCC1=O)Nc1ccc(OC(F)F)c(Cl)c1. The molecule has 0 aliphatic carbocycles. The third-order valence-electron chi connectivity index (χ3n) is 4.31. The number of nitrogens with zero attached hydrogens (tertiary/aromatic N) is 1. The summed E-state index contributed by atoms with van der Waals surface area (Å²) in [4.78, 5) is 38.1. The lowest BCUT2D eigenvalue weighted by atomic mass is 10.1. The Kier molecular flexibility index (Phi) is 7.29. The highest BCUT2D eigenvalue weighted by molar-refractivity contribution is 6.32. The summed E-state index contributed by atoms with van der Waals surface area (Å²) in [5, 5.41) is 2.65. The summed E-state index contributed by atoms with van der Waals surface area (Å²) in [7, 11) is 0. The van der Waals surface area contributed by atoms with Gasteiger partial charge >= 0.3 is 12.6 Å². The number of carbonyl (C=O) groups excluding carboxylic acids is 3. The lowest BCUT2D eigenvalue weighted by Gasteiger charge is -2.19. The van der Waals surface area contributed by atoms with Gasteiger partial charge in [-0.2, -0.15) is 8.78 Å². The van der Waals surface area contributed by atoms with Gasteiger partial charge in [-0.25, -0.2) is 4.79 Å². The van der Waals surface area contributed by atoms with Gasteiger partial charge in [-0.3, -0.25) is 9.59 Å². The van der Waals surface area contributed by atoms with Gasteiger partial charge in [0.1, 0.15) is 5.75 Å². The Balaban J connectivity index is 1.63. The quantitative estimate of drug-likeness (QED) is 0.598. The molecule has 0 bridgehead atoms. The number of hydrogen-bond donors (Lipinski definition) is 1. The van der Waals surface area contributed by atoms with Crippen LogP contribution < -0.4 is 15.0 Å². The van der Waals surface area contributed by atoms with Crippen LogP contribution in [0.1, 0.15) is 23.2 Å². The van der Waals surface area contributed by atoms with Crippen LogP contribution in [0, 0.1) is 0 Å². The van der Waals surface area contributed by atoms with E-state index in [2.05, 4.69) is 10.1 Å². The number of carbonyl (C=O) groups is 3. The molecule has 1 aliphatic heterocycles. The number of amides is 2. The zero-order valence-corrected chi connectivity index (χ0v) is 17.4. The summed E-state index contributed by atoms with van der Waals surface area (Å²) in [6.45, 7) is -3.21. The van der Waals surface area contributed by atoms with E-state index in [0.717, 1.165) is 0 Å². The number of rotatable bonds is 7. The molecule has 0 aromatic heterocycles. The van der Waals surface area contributed by atoms with Crippen LogP contribution in [0.2, 0.25) is 10.0 Å². The Morgan fingerprint density at radius 2 is 1.94 bits per heavy atom. The first kappa shape index (κ1) is 22.8. The number of alkyl halides is 2. The van der Waals surface area contributed by atoms with Gasteiger partial charge in [0.05, 0.1) is 16.3 Å². The van der Waals surface area contributed by atoms with Crippen molar-refractivity contribution in [3.8, 4) is 5.75 Å². The van der Waals surface area contributed by atoms with Crippen molar-refractivity contribution in [2.45, 2.75) is 19.5 Å². The molecule has 1 fully saturated rings. The molecular formula is C20H16Cl2F2N2O5. The smallest absolute Gasteiger partial charge is 0.387 e. The maximum absolute atomic E-state index is 12.5. The van der Waals surface area contributed by atoms with Crippen LogP contribution in [0.4, 0.5) is 20.2 Å². The molecule has 0 spiro atoms. The molecule has 0 atom stereocenters. The standard InChI is InChI=1S/C20H16Cl2F2N2O5/c21-11-3-5-13(15(8-11)26-7-1-2-18(26)28)19(29)30-10-17(27)25-12-4-6-16(14(22)9-12)31-20(23)24/h3-6,8-9,20H,1-2,7,10H2,(H,25,27). The lowest BCUT2D eigenvalue weighted by Crippen LogP contribution is -2.27. The van der Waals surface area contributed by atoms with Gasteiger partial charge in [-0.05, 0) is 42.8 Å². The average molecular weight is 473 g/mol. The second-order valence-corrected chi connectivity index (χ2v) is 7.30. The van der Waals surface area contributed by atoms with Gasteiger partial charge in [0.2, 0.25) is 5.91 Å². The van der Waals surface area contributed by atoms with Crippen LogP contribution in [-0.2, 0) is 14.3 Å². The van der Waals surface area contributed by atoms with Crippen molar-refractivity contribution < 1.29 is 32.6 Å². The number of anilines is 2. The number of benzene rings is 2. The van der Waals surface area contributed by atoms with E-state index in [1.54, 1.807) is 0 Å². The lowest BCUT2D eigenvalue weighted by molar-refractivity contribution is -0.119. The summed E-state index contributed by atoms with van der Waals surface area (Å²) in [6, 6.07) is 8.09. The minimum absolute atomic E-state index is 0.101. The van der Waals surface area contributed by atoms with Crippen LogP contribution in [0.3, 0.4) is 0 Å². The average Bonchev–Trinajstić information content (AvgIpc) is 3.13. The highest BCUT2D eigenvalue weighted by Crippen LogP contribution is 2.30. The van der Waals surface area contributed by atoms with E-state index in [0.29, 0.717) is 30.1 Å². The van der Waals surface area contributed by atoms with Gasteiger partial charge in [0, 0.05) is 23.7 Å². The van der Waals surface area contributed by atoms with Crippen molar-refractivity contribution in [2.75, 3.05) is 23.4 Å². The summed E-state index contributed by atoms with van der Waals surface area (Å²) in [6.07, 6.45) is 1.03. The first-order chi connectivity index (χ1) is 14.7. The van der Waals surface area contributed by atoms with Gasteiger partial charge in [0.25, 0.3) is 5.91 Å². The van der Waals surface area contributed by atoms with Crippen molar-refractivity contribution in [2.24, 2.45) is 0 Å². The monoisotopic (exact) mass is 472 g/mol. The van der Waals surface area contributed by atoms with Crippen molar-refractivity contribution in [3.63, 3.8) is 0 Å². The highest BCUT2D eigenvalue weighted by Gasteiger charge is 2.27. The molecule has 11 heteroatoms. The molecule has 1 aliphatic rings. The molecule has 31 heavy (non-hydrogen) atoms. The topological polar surface area (TPSA) is 84.9 Å². The molecule has 0 unspecified atom stereocenters.